The number of nitrogens with zero attached hydrogens (tertiary/aromatic N) is 2. The largest absolute Gasteiger partial charge is 0.497 e. The van der Waals surface area contributed by atoms with E-state index >= 15 is 0 Å². The lowest BCUT2D eigenvalue weighted by molar-refractivity contribution is 0.411. The van der Waals surface area contributed by atoms with Crippen LogP contribution in [0.4, 0.5) is 10.3 Å². The van der Waals surface area contributed by atoms with Crippen molar-refractivity contribution >= 4 is 5.95 Å². The molecule has 0 aliphatic heterocycles. The van der Waals surface area contributed by atoms with E-state index in [0.29, 0.717) is 28.7 Å². The summed E-state index contributed by atoms with van der Waals surface area (Å²) in [5.41, 5.74) is 6.00. The molecule has 20 heavy (non-hydrogen) atoms. The van der Waals surface area contributed by atoms with Crippen molar-refractivity contribution in [2.75, 3.05) is 12.8 Å². The van der Waals surface area contributed by atoms with E-state index in [1.807, 2.05) is 0 Å². The van der Waals surface area contributed by atoms with Gasteiger partial charge in [-0.3, -0.25) is 5.10 Å². The highest BCUT2D eigenvalue weighted by molar-refractivity contribution is 5.63. The molecule has 0 aliphatic rings. The molecule has 3 aromatic rings. The number of anilines is 1. The molecule has 3 N–H and O–H groups in total. The van der Waals surface area contributed by atoms with Gasteiger partial charge in [-0.05, 0) is 24.3 Å². The average Bonchev–Trinajstić information content (AvgIpc) is 3.06. The van der Waals surface area contributed by atoms with E-state index in [1.54, 1.807) is 18.2 Å². The summed E-state index contributed by atoms with van der Waals surface area (Å²) in [6.07, 6.45) is 0. The van der Waals surface area contributed by atoms with Crippen molar-refractivity contribution in [1.29, 1.82) is 0 Å². The third-order valence-corrected chi connectivity index (χ3v) is 2.73. The fourth-order valence-corrected chi connectivity index (χ4v) is 1.83. The number of hydrogen-bond donors (Lipinski definition) is 2. The van der Waals surface area contributed by atoms with Gasteiger partial charge < -0.3 is 14.9 Å². The Bertz CT molecular complexity index is 750. The molecule has 1 aromatic carbocycles. The van der Waals surface area contributed by atoms with Gasteiger partial charge in [0.15, 0.2) is 11.6 Å². The van der Waals surface area contributed by atoms with E-state index in [0.717, 1.165) is 0 Å². The van der Waals surface area contributed by atoms with Gasteiger partial charge in [0, 0.05) is 11.6 Å². The van der Waals surface area contributed by atoms with Crippen LogP contribution in [0.2, 0.25) is 0 Å². The van der Waals surface area contributed by atoms with Crippen molar-refractivity contribution in [3.05, 3.63) is 36.1 Å². The number of rotatable bonds is 3. The zero-order valence-electron chi connectivity index (χ0n) is 10.6. The van der Waals surface area contributed by atoms with Gasteiger partial charge in [-0.25, -0.2) is 4.39 Å². The van der Waals surface area contributed by atoms with Crippen molar-refractivity contribution in [2.45, 2.75) is 0 Å². The Hall–Kier alpha value is -2.83. The SMILES string of the molecule is COc1cc(F)cc(-c2ccc(-c3nc(N)n[nH]3)o2)c1. The van der Waals surface area contributed by atoms with Crippen molar-refractivity contribution in [3.63, 3.8) is 0 Å². The fraction of sp³-hybridized carbons (Fsp3) is 0.0769. The van der Waals surface area contributed by atoms with Crippen LogP contribution < -0.4 is 10.5 Å². The molecule has 0 unspecified atom stereocenters. The average molecular weight is 274 g/mol. The molecule has 102 valence electrons. The van der Waals surface area contributed by atoms with Crippen LogP contribution in [0, 0.1) is 5.82 Å². The molecule has 0 bridgehead atoms. The van der Waals surface area contributed by atoms with Crippen LogP contribution in [0.15, 0.2) is 34.7 Å². The molecule has 6 nitrogen and oxygen atoms in total. The first-order valence-corrected chi connectivity index (χ1v) is 5.79. The Morgan fingerprint density at radius 3 is 2.75 bits per heavy atom. The second-order valence-corrected chi connectivity index (χ2v) is 4.09. The van der Waals surface area contributed by atoms with Crippen LogP contribution in [-0.2, 0) is 0 Å². The molecule has 7 heteroatoms. The number of nitrogens with one attached hydrogen (secondary N) is 1. The molecular formula is C13H11FN4O2. The standard InChI is InChI=1S/C13H11FN4O2/c1-19-9-5-7(4-8(14)6-9)10-2-3-11(20-10)12-16-13(15)18-17-12/h2-6H,1H3,(H3,15,16,17,18). The van der Waals surface area contributed by atoms with E-state index in [-0.39, 0.29) is 5.95 Å². The summed E-state index contributed by atoms with van der Waals surface area (Å²) in [6.45, 7) is 0. The van der Waals surface area contributed by atoms with E-state index in [2.05, 4.69) is 15.2 Å². The molecule has 2 heterocycles. The zero-order valence-corrected chi connectivity index (χ0v) is 10.6. The van der Waals surface area contributed by atoms with Gasteiger partial charge in [0.2, 0.25) is 5.95 Å². The first-order valence-electron chi connectivity index (χ1n) is 5.79. The molecule has 3 rings (SSSR count). The van der Waals surface area contributed by atoms with Gasteiger partial charge in [0.05, 0.1) is 7.11 Å². The molecule has 0 atom stereocenters. The Morgan fingerprint density at radius 2 is 2.05 bits per heavy atom. The van der Waals surface area contributed by atoms with Crippen molar-refractivity contribution < 1.29 is 13.5 Å². The third kappa shape index (κ3) is 2.20. The highest BCUT2D eigenvalue weighted by Gasteiger charge is 2.12. The monoisotopic (exact) mass is 274 g/mol. The summed E-state index contributed by atoms with van der Waals surface area (Å²) in [6, 6.07) is 7.75. The lowest BCUT2D eigenvalue weighted by Crippen LogP contribution is -1.86. The Morgan fingerprint density at radius 1 is 1.25 bits per heavy atom. The van der Waals surface area contributed by atoms with Gasteiger partial charge in [-0.2, -0.15) is 4.98 Å². The van der Waals surface area contributed by atoms with E-state index in [1.165, 1.54) is 19.2 Å². The maximum atomic E-state index is 13.5. The summed E-state index contributed by atoms with van der Waals surface area (Å²) < 4.78 is 24.1. The van der Waals surface area contributed by atoms with E-state index in [9.17, 15) is 4.39 Å². The molecule has 0 fully saturated rings. The predicted octanol–water partition coefficient (Wildman–Crippen LogP) is 2.46. The maximum Gasteiger partial charge on any atom is 0.239 e. The van der Waals surface area contributed by atoms with Crippen LogP contribution >= 0.6 is 0 Å². The van der Waals surface area contributed by atoms with Gasteiger partial charge in [0.25, 0.3) is 0 Å². The van der Waals surface area contributed by atoms with E-state index < -0.39 is 5.82 Å². The molecule has 2 aromatic heterocycles. The van der Waals surface area contributed by atoms with Crippen LogP contribution in [0.25, 0.3) is 22.9 Å². The lowest BCUT2D eigenvalue weighted by Gasteiger charge is -2.02. The number of ether oxygens (including phenoxy) is 1. The number of aromatic amines is 1. The number of methoxy groups -OCH3 is 1. The van der Waals surface area contributed by atoms with Gasteiger partial charge in [-0.1, -0.05) is 0 Å². The molecule has 0 saturated carbocycles. The highest BCUT2D eigenvalue weighted by Crippen LogP contribution is 2.29. The van der Waals surface area contributed by atoms with Crippen molar-refractivity contribution in [2.24, 2.45) is 0 Å². The van der Waals surface area contributed by atoms with Crippen molar-refractivity contribution in [1.82, 2.24) is 15.2 Å². The zero-order chi connectivity index (χ0) is 14.1. The number of nitrogen functional groups attached to an aromatic ring is 1. The first-order chi connectivity index (χ1) is 9.65. The summed E-state index contributed by atoms with van der Waals surface area (Å²) in [4.78, 5) is 3.96. The second-order valence-electron chi connectivity index (χ2n) is 4.09. The quantitative estimate of drug-likeness (QED) is 0.765. The summed E-state index contributed by atoms with van der Waals surface area (Å²) in [7, 11) is 1.48. The number of halogens is 1. The molecular weight excluding hydrogens is 263 g/mol. The molecule has 0 radical (unpaired) electrons. The fourth-order valence-electron chi connectivity index (χ4n) is 1.83. The topological polar surface area (TPSA) is 90.0 Å². The summed E-state index contributed by atoms with van der Waals surface area (Å²) >= 11 is 0. The van der Waals surface area contributed by atoms with Gasteiger partial charge in [0.1, 0.15) is 17.3 Å². The minimum atomic E-state index is -0.402. The minimum absolute atomic E-state index is 0.130. The molecule has 0 spiro atoms. The summed E-state index contributed by atoms with van der Waals surface area (Å²) in [5.74, 6) is 1.52. The van der Waals surface area contributed by atoms with E-state index in [4.69, 9.17) is 14.9 Å². The maximum absolute atomic E-state index is 13.5. The molecule has 0 amide bonds. The number of H-pyrrole nitrogens is 1. The van der Waals surface area contributed by atoms with Crippen molar-refractivity contribution in [3.8, 4) is 28.7 Å². The van der Waals surface area contributed by atoms with Gasteiger partial charge in [-0.15, -0.1) is 5.10 Å². The smallest absolute Gasteiger partial charge is 0.239 e. The number of aromatic nitrogens is 3. The molecule has 0 saturated heterocycles. The third-order valence-electron chi connectivity index (χ3n) is 2.73. The Labute approximate surface area is 113 Å². The second kappa shape index (κ2) is 4.69. The number of nitrogens with two attached hydrogens (primary N) is 1. The van der Waals surface area contributed by atoms with Crippen LogP contribution in [0.3, 0.4) is 0 Å². The van der Waals surface area contributed by atoms with Crippen LogP contribution in [0.1, 0.15) is 0 Å². The first kappa shape index (κ1) is 12.2. The van der Waals surface area contributed by atoms with Gasteiger partial charge >= 0.3 is 0 Å². The lowest BCUT2D eigenvalue weighted by atomic mass is 10.1. The predicted molar refractivity (Wildman–Crippen MR) is 70.4 cm³/mol. The molecule has 0 aliphatic carbocycles. The summed E-state index contributed by atoms with van der Waals surface area (Å²) in [5, 5.41) is 6.36. The highest BCUT2D eigenvalue weighted by atomic mass is 19.1. The number of hydrogen-bond acceptors (Lipinski definition) is 5. The number of benzene rings is 1. The number of furan rings is 1. The van der Waals surface area contributed by atoms with Crippen LogP contribution in [0.5, 0.6) is 5.75 Å². The normalized spacial score (nSPS) is 10.7. The Balaban J connectivity index is 1.99. The van der Waals surface area contributed by atoms with Crippen LogP contribution in [-0.4, -0.2) is 22.3 Å². The Kier molecular flexibility index (Phi) is 2.86. The minimum Gasteiger partial charge on any atom is -0.497 e.